The summed E-state index contributed by atoms with van der Waals surface area (Å²) in [6.07, 6.45) is 4.17. The topological polar surface area (TPSA) is 88.5 Å². The van der Waals surface area contributed by atoms with Gasteiger partial charge in [0, 0.05) is 11.7 Å². The molecule has 20 heavy (non-hydrogen) atoms. The summed E-state index contributed by atoms with van der Waals surface area (Å²) in [5.74, 6) is -0.644. The van der Waals surface area contributed by atoms with Crippen LogP contribution in [0.4, 0.5) is 5.82 Å². The molecule has 0 aliphatic heterocycles. The van der Waals surface area contributed by atoms with Crippen LogP contribution < -0.4 is 5.32 Å². The van der Waals surface area contributed by atoms with Gasteiger partial charge < -0.3 is 15.2 Å². The Morgan fingerprint density at radius 1 is 1.45 bits per heavy atom. The third-order valence-electron chi connectivity index (χ3n) is 3.47. The molecule has 2 N–H and O–H groups in total. The molecule has 0 unspecified atom stereocenters. The fourth-order valence-electron chi connectivity index (χ4n) is 2.31. The number of rotatable bonds is 6. The van der Waals surface area contributed by atoms with Crippen molar-refractivity contribution in [1.29, 1.82) is 0 Å². The van der Waals surface area contributed by atoms with E-state index in [1.54, 1.807) is 19.1 Å². The number of aliphatic carboxylic acids is 1. The summed E-state index contributed by atoms with van der Waals surface area (Å²) >= 11 is 0. The Labute approximate surface area is 117 Å². The number of carbonyl (C=O) groups excluding carboxylic acids is 1. The second-order valence-electron chi connectivity index (χ2n) is 4.98. The fraction of sp³-hybridized carbons (Fsp3) is 0.500. The SMILES string of the molecule is CCOC(=O)c1ccc(NC2(CC(=O)O)CCC2)nc1. The van der Waals surface area contributed by atoms with Gasteiger partial charge in [-0.05, 0) is 38.3 Å². The number of carboxylic acid groups (broad SMARTS) is 1. The molecule has 0 spiro atoms. The van der Waals surface area contributed by atoms with Crippen LogP contribution in [0.5, 0.6) is 0 Å². The number of nitrogens with zero attached hydrogens (tertiary/aromatic N) is 1. The van der Waals surface area contributed by atoms with E-state index < -0.39 is 17.5 Å². The van der Waals surface area contributed by atoms with Crippen molar-refractivity contribution in [2.45, 2.75) is 38.1 Å². The smallest absolute Gasteiger partial charge is 0.339 e. The summed E-state index contributed by atoms with van der Waals surface area (Å²) < 4.78 is 4.88. The monoisotopic (exact) mass is 278 g/mol. The Balaban J connectivity index is 2.03. The first-order valence-electron chi connectivity index (χ1n) is 6.68. The van der Waals surface area contributed by atoms with E-state index >= 15 is 0 Å². The summed E-state index contributed by atoms with van der Waals surface area (Å²) in [4.78, 5) is 26.5. The molecule has 0 aromatic carbocycles. The highest BCUT2D eigenvalue weighted by molar-refractivity contribution is 5.89. The van der Waals surface area contributed by atoms with Gasteiger partial charge >= 0.3 is 11.9 Å². The molecule has 0 bridgehead atoms. The molecule has 2 rings (SSSR count). The molecule has 1 aliphatic carbocycles. The number of carboxylic acids is 1. The van der Waals surface area contributed by atoms with Gasteiger partial charge in [0.05, 0.1) is 18.6 Å². The van der Waals surface area contributed by atoms with Crippen molar-refractivity contribution in [2.75, 3.05) is 11.9 Å². The van der Waals surface area contributed by atoms with Gasteiger partial charge in [0.15, 0.2) is 0 Å². The third-order valence-corrected chi connectivity index (χ3v) is 3.47. The minimum atomic E-state index is -0.819. The lowest BCUT2D eigenvalue weighted by atomic mass is 9.74. The van der Waals surface area contributed by atoms with Crippen LogP contribution in [0, 0.1) is 0 Å². The fourth-order valence-corrected chi connectivity index (χ4v) is 2.31. The number of nitrogens with one attached hydrogen (secondary N) is 1. The highest BCUT2D eigenvalue weighted by Gasteiger charge is 2.39. The number of ether oxygens (including phenoxy) is 1. The zero-order valence-electron chi connectivity index (χ0n) is 11.4. The van der Waals surface area contributed by atoms with Crippen LogP contribution in [-0.2, 0) is 9.53 Å². The molecule has 6 nitrogen and oxygen atoms in total. The molecule has 0 saturated heterocycles. The molecular weight excluding hydrogens is 260 g/mol. The van der Waals surface area contributed by atoms with E-state index in [1.807, 2.05) is 0 Å². The summed E-state index contributed by atoms with van der Waals surface area (Å²) in [6, 6.07) is 3.30. The predicted molar refractivity (Wildman–Crippen MR) is 72.7 cm³/mol. The maximum absolute atomic E-state index is 11.5. The van der Waals surface area contributed by atoms with Crippen molar-refractivity contribution in [3.8, 4) is 0 Å². The minimum absolute atomic E-state index is 0.0777. The van der Waals surface area contributed by atoms with Crippen molar-refractivity contribution in [3.63, 3.8) is 0 Å². The number of hydrogen-bond donors (Lipinski definition) is 2. The van der Waals surface area contributed by atoms with Crippen molar-refractivity contribution >= 4 is 17.8 Å². The molecule has 1 aromatic heterocycles. The first-order chi connectivity index (χ1) is 9.54. The lowest BCUT2D eigenvalue weighted by Gasteiger charge is -2.41. The van der Waals surface area contributed by atoms with Crippen LogP contribution in [0.15, 0.2) is 18.3 Å². The van der Waals surface area contributed by atoms with Crippen LogP contribution in [0.25, 0.3) is 0 Å². The second-order valence-corrected chi connectivity index (χ2v) is 4.98. The van der Waals surface area contributed by atoms with E-state index in [4.69, 9.17) is 9.84 Å². The predicted octanol–water partition coefficient (Wildman–Crippen LogP) is 2.07. The molecule has 1 fully saturated rings. The standard InChI is InChI=1S/C14H18N2O4/c1-2-20-13(19)10-4-5-11(15-9-10)16-14(6-3-7-14)8-12(17)18/h4-5,9H,2-3,6-8H2,1H3,(H,15,16)(H,17,18). The zero-order chi connectivity index (χ0) is 14.6. The lowest BCUT2D eigenvalue weighted by molar-refractivity contribution is -0.138. The van der Waals surface area contributed by atoms with Crippen molar-refractivity contribution in [2.24, 2.45) is 0 Å². The average Bonchev–Trinajstić information content (AvgIpc) is 2.36. The van der Waals surface area contributed by atoms with E-state index in [0.29, 0.717) is 18.0 Å². The van der Waals surface area contributed by atoms with E-state index in [-0.39, 0.29) is 6.42 Å². The van der Waals surface area contributed by atoms with Gasteiger partial charge in [-0.1, -0.05) is 0 Å². The largest absolute Gasteiger partial charge is 0.481 e. The molecule has 1 heterocycles. The minimum Gasteiger partial charge on any atom is -0.481 e. The number of pyridine rings is 1. The van der Waals surface area contributed by atoms with E-state index in [2.05, 4.69) is 10.3 Å². The Bertz CT molecular complexity index is 494. The van der Waals surface area contributed by atoms with E-state index in [9.17, 15) is 9.59 Å². The summed E-state index contributed by atoms with van der Waals surface area (Å²) in [5.41, 5.74) is -0.0112. The molecule has 6 heteroatoms. The number of esters is 1. The number of carbonyl (C=O) groups is 2. The van der Waals surface area contributed by atoms with Crippen molar-refractivity contribution in [3.05, 3.63) is 23.9 Å². The van der Waals surface area contributed by atoms with Gasteiger partial charge in [-0.3, -0.25) is 4.79 Å². The van der Waals surface area contributed by atoms with Gasteiger partial charge in [-0.25, -0.2) is 9.78 Å². The summed E-state index contributed by atoms with van der Waals surface area (Å²) in [7, 11) is 0. The first kappa shape index (κ1) is 14.3. The van der Waals surface area contributed by atoms with Crippen LogP contribution >= 0.6 is 0 Å². The Morgan fingerprint density at radius 2 is 2.20 bits per heavy atom. The van der Waals surface area contributed by atoms with E-state index in [1.165, 1.54) is 6.20 Å². The highest BCUT2D eigenvalue weighted by Crippen LogP contribution is 2.37. The molecular formula is C14H18N2O4. The lowest BCUT2D eigenvalue weighted by Crippen LogP contribution is -2.46. The highest BCUT2D eigenvalue weighted by atomic mass is 16.5. The van der Waals surface area contributed by atoms with Gasteiger partial charge in [0.2, 0.25) is 0 Å². The van der Waals surface area contributed by atoms with Crippen LogP contribution in [0.2, 0.25) is 0 Å². The molecule has 0 amide bonds. The van der Waals surface area contributed by atoms with Gasteiger partial charge in [0.25, 0.3) is 0 Å². The summed E-state index contributed by atoms with van der Waals surface area (Å²) in [6.45, 7) is 2.06. The number of hydrogen-bond acceptors (Lipinski definition) is 5. The Morgan fingerprint density at radius 3 is 2.65 bits per heavy atom. The van der Waals surface area contributed by atoms with E-state index in [0.717, 1.165) is 19.3 Å². The summed E-state index contributed by atoms with van der Waals surface area (Å²) in [5, 5.41) is 12.1. The molecule has 1 aromatic rings. The zero-order valence-corrected chi connectivity index (χ0v) is 11.4. The second kappa shape index (κ2) is 5.90. The molecule has 1 saturated carbocycles. The van der Waals surface area contributed by atoms with Crippen LogP contribution in [0.3, 0.4) is 0 Å². The molecule has 108 valence electrons. The van der Waals surface area contributed by atoms with Gasteiger partial charge in [-0.2, -0.15) is 0 Å². The molecule has 0 radical (unpaired) electrons. The normalized spacial score (nSPS) is 16.1. The maximum atomic E-state index is 11.5. The Kier molecular flexibility index (Phi) is 4.22. The van der Waals surface area contributed by atoms with Gasteiger partial charge in [-0.15, -0.1) is 0 Å². The maximum Gasteiger partial charge on any atom is 0.339 e. The van der Waals surface area contributed by atoms with Crippen LogP contribution in [-0.4, -0.2) is 34.2 Å². The average molecular weight is 278 g/mol. The number of anilines is 1. The Hall–Kier alpha value is -2.11. The van der Waals surface area contributed by atoms with Crippen molar-refractivity contribution < 1.29 is 19.4 Å². The first-order valence-corrected chi connectivity index (χ1v) is 6.68. The molecule has 0 atom stereocenters. The van der Waals surface area contributed by atoms with Crippen LogP contribution in [0.1, 0.15) is 43.0 Å². The third kappa shape index (κ3) is 3.26. The quantitative estimate of drug-likeness (QED) is 0.774. The number of aromatic nitrogens is 1. The van der Waals surface area contributed by atoms with Crippen molar-refractivity contribution in [1.82, 2.24) is 4.98 Å². The van der Waals surface area contributed by atoms with Gasteiger partial charge in [0.1, 0.15) is 5.82 Å². The molecule has 1 aliphatic rings.